The third-order valence-electron chi connectivity index (χ3n) is 2.50. The first kappa shape index (κ1) is 9.27. The highest BCUT2D eigenvalue weighted by atomic mass is 16.5. The van der Waals surface area contributed by atoms with Gasteiger partial charge in [-0.3, -0.25) is 0 Å². The number of aromatic nitrogens is 1. The van der Waals surface area contributed by atoms with E-state index in [4.69, 9.17) is 16.2 Å². The molecule has 1 aliphatic carbocycles. The number of rotatable bonds is 3. The van der Waals surface area contributed by atoms with Gasteiger partial charge in [0.15, 0.2) is 0 Å². The summed E-state index contributed by atoms with van der Waals surface area (Å²) in [6.07, 6.45) is 2.37. The zero-order valence-electron chi connectivity index (χ0n) is 8.29. The highest BCUT2D eigenvalue weighted by molar-refractivity contribution is 5.51. The Bertz CT molecular complexity index is 347. The number of nitrogen functional groups attached to an aromatic ring is 1. The summed E-state index contributed by atoms with van der Waals surface area (Å²) in [5.74, 6) is 1.15. The molecular formula is C10H15N3O. The van der Waals surface area contributed by atoms with Crippen molar-refractivity contribution in [3.05, 3.63) is 17.3 Å². The van der Waals surface area contributed by atoms with E-state index in [2.05, 4.69) is 4.98 Å². The Morgan fingerprint density at radius 3 is 2.79 bits per heavy atom. The molecule has 0 bridgehead atoms. The standard InChI is InChI=1S/C10H15N3O/c1-14-10-7(5-11)4-8(12)9(13-10)6-2-3-6/h4,6H,2-3,5,11-12H2,1H3. The predicted octanol–water partition coefficient (Wildman–Crippen LogP) is 1.01. The summed E-state index contributed by atoms with van der Waals surface area (Å²) < 4.78 is 5.16. The fourth-order valence-corrected chi connectivity index (χ4v) is 1.58. The van der Waals surface area contributed by atoms with Gasteiger partial charge in [-0.25, -0.2) is 4.98 Å². The number of nitrogens with two attached hydrogens (primary N) is 2. The topological polar surface area (TPSA) is 74.2 Å². The zero-order valence-corrected chi connectivity index (χ0v) is 8.29. The first-order chi connectivity index (χ1) is 6.76. The van der Waals surface area contributed by atoms with E-state index < -0.39 is 0 Å². The summed E-state index contributed by atoms with van der Waals surface area (Å²) in [4.78, 5) is 4.40. The van der Waals surface area contributed by atoms with E-state index in [1.807, 2.05) is 6.07 Å². The van der Waals surface area contributed by atoms with Crippen molar-refractivity contribution >= 4 is 5.69 Å². The summed E-state index contributed by atoms with van der Waals surface area (Å²) in [6.45, 7) is 0.408. The average molecular weight is 193 g/mol. The smallest absolute Gasteiger partial charge is 0.217 e. The van der Waals surface area contributed by atoms with Gasteiger partial charge in [-0.1, -0.05) is 0 Å². The summed E-state index contributed by atoms with van der Waals surface area (Å²) in [7, 11) is 1.61. The molecule has 1 fully saturated rings. The molecule has 0 unspecified atom stereocenters. The highest BCUT2D eigenvalue weighted by Gasteiger charge is 2.28. The maximum atomic E-state index is 5.89. The first-order valence-corrected chi connectivity index (χ1v) is 4.79. The van der Waals surface area contributed by atoms with Crippen molar-refractivity contribution in [1.29, 1.82) is 0 Å². The summed E-state index contributed by atoms with van der Waals surface area (Å²) in [6, 6.07) is 1.87. The van der Waals surface area contributed by atoms with Crippen LogP contribution in [0.25, 0.3) is 0 Å². The second kappa shape index (κ2) is 3.46. The monoisotopic (exact) mass is 193 g/mol. The largest absolute Gasteiger partial charge is 0.481 e. The van der Waals surface area contributed by atoms with Crippen molar-refractivity contribution in [3.63, 3.8) is 0 Å². The van der Waals surface area contributed by atoms with Crippen LogP contribution in [-0.4, -0.2) is 12.1 Å². The molecule has 2 rings (SSSR count). The van der Waals surface area contributed by atoms with Crippen LogP contribution in [0.3, 0.4) is 0 Å². The van der Waals surface area contributed by atoms with E-state index in [9.17, 15) is 0 Å². The molecule has 0 amide bonds. The Morgan fingerprint density at radius 2 is 2.29 bits per heavy atom. The number of ether oxygens (including phenoxy) is 1. The lowest BCUT2D eigenvalue weighted by Crippen LogP contribution is -2.06. The number of hydrogen-bond donors (Lipinski definition) is 2. The maximum Gasteiger partial charge on any atom is 0.217 e. The Hall–Kier alpha value is -1.29. The Labute approximate surface area is 83.3 Å². The molecule has 1 heterocycles. The second-order valence-electron chi connectivity index (χ2n) is 3.61. The second-order valence-corrected chi connectivity index (χ2v) is 3.61. The molecule has 1 aliphatic rings. The maximum absolute atomic E-state index is 5.89. The van der Waals surface area contributed by atoms with E-state index in [1.165, 1.54) is 12.8 Å². The molecule has 76 valence electrons. The minimum Gasteiger partial charge on any atom is -0.481 e. The van der Waals surface area contributed by atoms with Crippen molar-refractivity contribution in [2.24, 2.45) is 5.73 Å². The van der Waals surface area contributed by atoms with E-state index in [0.29, 0.717) is 18.3 Å². The SMILES string of the molecule is COc1nc(C2CC2)c(N)cc1CN. The lowest BCUT2D eigenvalue weighted by molar-refractivity contribution is 0.391. The van der Waals surface area contributed by atoms with Gasteiger partial charge in [0.05, 0.1) is 18.5 Å². The number of pyridine rings is 1. The zero-order chi connectivity index (χ0) is 10.1. The molecule has 1 saturated carbocycles. The normalized spacial score (nSPS) is 15.6. The van der Waals surface area contributed by atoms with Crippen LogP contribution in [0, 0.1) is 0 Å². The van der Waals surface area contributed by atoms with Gasteiger partial charge < -0.3 is 16.2 Å². The van der Waals surface area contributed by atoms with Crippen LogP contribution in [0.15, 0.2) is 6.07 Å². The lowest BCUT2D eigenvalue weighted by Gasteiger charge is -2.10. The Balaban J connectivity index is 2.42. The molecule has 4 nitrogen and oxygen atoms in total. The van der Waals surface area contributed by atoms with Gasteiger partial charge >= 0.3 is 0 Å². The summed E-state index contributed by atoms with van der Waals surface area (Å²) in [5.41, 5.74) is 14.0. The summed E-state index contributed by atoms with van der Waals surface area (Å²) >= 11 is 0. The van der Waals surface area contributed by atoms with Crippen LogP contribution in [0.4, 0.5) is 5.69 Å². The predicted molar refractivity (Wildman–Crippen MR) is 55.1 cm³/mol. The molecule has 0 atom stereocenters. The van der Waals surface area contributed by atoms with Gasteiger partial charge in [-0.05, 0) is 18.9 Å². The fourth-order valence-electron chi connectivity index (χ4n) is 1.58. The Kier molecular flexibility index (Phi) is 2.29. The molecule has 14 heavy (non-hydrogen) atoms. The number of nitrogens with zero attached hydrogens (tertiary/aromatic N) is 1. The van der Waals surface area contributed by atoms with Crippen molar-refractivity contribution in [2.75, 3.05) is 12.8 Å². The third kappa shape index (κ3) is 1.53. The van der Waals surface area contributed by atoms with E-state index in [-0.39, 0.29) is 0 Å². The van der Waals surface area contributed by atoms with E-state index in [0.717, 1.165) is 16.9 Å². The molecule has 4 heteroatoms. The quantitative estimate of drug-likeness (QED) is 0.751. The van der Waals surface area contributed by atoms with Gasteiger partial charge in [0.1, 0.15) is 0 Å². The third-order valence-corrected chi connectivity index (χ3v) is 2.50. The molecule has 1 aromatic rings. The van der Waals surface area contributed by atoms with Gasteiger partial charge in [-0.2, -0.15) is 0 Å². The molecule has 0 spiro atoms. The molecule has 0 aliphatic heterocycles. The van der Waals surface area contributed by atoms with E-state index in [1.54, 1.807) is 7.11 Å². The molecule has 0 radical (unpaired) electrons. The average Bonchev–Trinajstić information content (AvgIpc) is 3.01. The number of methoxy groups -OCH3 is 1. The number of anilines is 1. The van der Waals surface area contributed by atoms with Crippen LogP contribution in [0.5, 0.6) is 5.88 Å². The van der Waals surface area contributed by atoms with Crippen molar-refractivity contribution < 1.29 is 4.74 Å². The van der Waals surface area contributed by atoms with Gasteiger partial charge in [-0.15, -0.1) is 0 Å². The minimum atomic E-state index is 0.408. The van der Waals surface area contributed by atoms with Crippen LogP contribution >= 0.6 is 0 Å². The Morgan fingerprint density at radius 1 is 1.57 bits per heavy atom. The molecule has 1 aromatic heterocycles. The number of hydrogen-bond acceptors (Lipinski definition) is 4. The molecule has 0 aromatic carbocycles. The van der Waals surface area contributed by atoms with Crippen LogP contribution in [-0.2, 0) is 6.54 Å². The first-order valence-electron chi connectivity index (χ1n) is 4.79. The molecular weight excluding hydrogens is 178 g/mol. The summed E-state index contributed by atoms with van der Waals surface area (Å²) in [5, 5.41) is 0. The van der Waals surface area contributed by atoms with E-state index >= 15 is 0 Å². The highest BCUT2D eigenvalue weighted by Crippen LogP contribution is 2.42. The van der Waals surface area contributed by atoms with Crippen molar-refractivity contribution in [3.8, 4) is 5.88 Å². The van der Waals surface area contributed by atoms with Crippen molar-refractivity contribution in [1.82, 2.24) is 4.98 Å². The minimum absolute atomic E-state index is 0.408. The van der Waals surface area contributed by atoms with Crippen LogP contribution in [0.2, 0.25) is 0 Å². The van der Waals surface area contributed by atoms with Gasteiger partial charge in [0.25, 0.3) is 0 Å². The van der Waals surface area contributed by atoms with Crippen LogP contribution in [0.1, 0.15) is 30.0 Å². The lowest BCUT2D eigenvalue weighted by atomic mass is 10.1. The fraction of sp³-hybridized carbons (Fsp3) is 0.500. The van der Waals surface area contributed by atoms with Crippen LogP contribution < -0.4 is 16.2 Å². The van der Waals surface area contributed by atoms with Gasteiger partial charge in [0.2, 0.25) is 5.88 Å². The molecule has 0 saturated heterocycles. The van der Waals surface area contributed by atoms with Gasteiger partial charge in [0, 0.05) is 18.0 Å². The molecule has 4 N–H and O–H groups in total. The van der Waals surface area contributed by atoms with Crippen molar-refractivity contribution in [2.45, 2.75) is 25.3 Å².